The lowest BCUT2D eigenvalue weighted by Gasteiger charge is -2.12. The summed E-state index contributed by atoms with van der Waals surface area (Å²) in [5.41, 5.74) is 1.33. The highest BCUT2D eigenvalue weighted by molar-refractivity contribution is 7.99. The molecule has 0 bridgehead atoms. The highest BCUT2D eigenvalue weighted by atomic mass is 35.5. The zero-order valence-electron chi connectivity index (χ0n) is 10.8. The zero-order valence-corrected chi connectivity index (χ0v) is 12.4. The van der Waals surface area contributed by atoms with E-state index in [1.54, 1.807) is 0 Å². The van der Waals surface area contributed by atoms with Gasteiger partial charge < -0.3 is 10.2 Å². The lowest BCUT2D eigenvalue weighted by molar-refractivity contribution is 0.437. The predicted octanol–water partition coefficient (Wildman–Crippen LogP) is 3.10. The molecule has 2 nitrogen and oxygen atoms in total. The van der Waals surface area contributed by atoms with E-state index in [4.69, 9.17) is 11.6 Å². The minimum Gasteiger partial charge on any atom is -0.313 e. The monoisotopic (exact) mass is 272 g/mol. The van der Waals surface area contributed by atoms with Crippen molar-refractivity contribution in [1.82, 2.24) is 10.2 Å². The van der Waals surface area contributed by atoms with Crippen LogP contribution in [0.5, 0.6) is 0 Å². The van der Waals surface area contributed by atoms with Crippen molar-refractivity contribution in [2.24, 2.45) is 0 Å². The Morgan fingerprint density at radius 2 is 2.12 bits per heavy atom. The summed E-state index contributed by atoms with van der Waals surface area (Å²) in [5.74, 6) is 1.09. The lowest BCUT2D eigenvalue weighted by atomic mass is 10.2. The SMILES string of the molecule is CCNCc1ccc(Cl)cc1SCCN(C)C. The largest absolute Gasteiger partial charge is 0.313 e. The van der Waals surface area contributed by atoms with Crippen molar-refractivity contribution < 1.29 is 0 Å². The van der Waals surface area contributed by atoms with Crippen LogP contribution in [0.15, 0.2) is 23.1 Å². The number of hydrogen-bond donors (Lipinski definition) is 1. The summed E-state index contributed by atoms with van der Waals surface area (Å²) >= 11 is 7.92. The van der Waals surface area contributed by atoms with E-state index in [2.05, 4.69) is 43.4 Å². The molecule has 0 amide bonds. The third-order valence-electron chi connectivity index (χ3n) is 2.39. The average Bonchev–Trinajstić information content (AvgIpc) is 2.27. The second-order valence-corrected chi connectivity index (χ2v) is 5.76. The molecule has 0 aliphatic rings. The van der Waals surface area contributed by atoms with Crippen LogP contribution in [0.3, 0.4) is 0 Å². The van der Waals surface area contributed by atoms with E-state index in [9.17, 15) is 0 Å². The van der Waals surface area contributed by atoms with E-state index in [1.165, 1.54) is 10.5 Å². The van der Waals surface area contributed by atoms with Crippen LogP contribution < -0.4 is 5.32 Å². The molecule has 4 heteroatoms. The van der Waals surface area contributed by atoms with Gasteiger partial charge in [-0.25, -0.2) is 0 Å². The highest BCUT2D eigenvalue weighted by Crippen LogP contribution is 2.26. The first kappa shape index (κ1) is 14.8. The van der Waals surface area contributed by atoms with Gasteiger partial charge in [-0.15, -0.1) is 11.8 Å². The first-order valence-electron chi connectivity index (χ1n) is 5.90. The van der Waals surface area contributed by atoms with Gasteiger partial charge in [-0.2, -0.15) is 0 Å². The molecule has 0 atom stereocenters. The van der Waals surface area contributed by atoms with Gasteiger partial charge in [0.2, 0.25) is 0 Å². The van der Waals surface area contributed by atoms with Crippen molar-refractivity contribution in [2.75, 3.05) is 32.9 Å². The molecule has 0 aliphatic heterocycles. The number of benzene rings is 1. The van der Waals surface area contributed by atoms with Crippen molar-refractivity contribution in [3.63, 3.8) is 0 Å². The molecule has 0 aromatic heterocycles. The van der Waals surface area contributed by atoms with E-state index in [-0.39, 0.29) is 0 Å². The van der Waals surface area contributed by atoms with Crippen LogP contribution in [-0.4, -0.2) is 37.8 Å². The maximum Gasteiger partial charge on any atom is 0.0417 e. The summed E-state index contributed by atoms with van der Waals surface area (Å²) in [6, 6.07) is 6.14. The van der Waals surface area contributed by atoms with E-state index in [0.717, 1.165) is 30.4 Å². The van der Waals surface area contributed by atoms with Gasteiger partial charge in [0.15, 0.2) is 0 Å². The van der Waals surface area contributed by atoms with Crippen molar-refractivity contribution in [2.45, 2.75) is 18.4 Å². The normalized spacial score (nSPS) is 11.1. The summed E-state index contributed by atoms with van der Waals surface area (Å²) in [6.07, 6.45) is 0. The quantitative estimate of drug-likeness (QED) is 0.768. The van der Waals surface area contributed by atoms with Gasteiger partial charge >= 0.3 is 0 Å². The van der Waals surface area contributed by atoms with E-state index in [1.807, 2.05) is 17.8 Å². The van der Waals surface area contributed by atoms with E-state index >= 15 is 0 Å². The van der Waals surface area contributed by atoms with Crippen molar-refractivity contribution >= 4 is 23.4 Å². The molecule has 17 heavy (non-hydrogen) atoms. The van der Waals surface area contributed by atoms with Gasteiger partial charge in [-0.1, -0.05) is 24.6 Å². The van der Waals surface area contributed by atoms with Crippen LogP contribution in [0.25, 0.3) is 0 Å². The molecular weight excluding hydrogens is 252 g/mol. The highest BCUT2D eigenvalue weighted by Gasteiger charge is 2.04. The minimum absolute atomic E-state index is 0.817. The Bertz CT molecular complexity index is 342. The molecule has 1 N–H and O–H groups in total. The molecule has 0 fully saturated rings. The fourth-order valence-corrected chi connectivity index (χ4v) is 2.86. The van der Waals surface area contributed by atoms with Gasteiger partial charge in [-0.3, -0.25) is 0 Å². The van der Waals surface area contributed by atoms with Crippen LogP contribution >= 0.6 is 23.4 Å². The first-order valence-corrected chi connectivity index (χ1v) is 7.26. The van der Waals surface area contributed by atoms with Gasteiger partial charge in [-0.05, 0) is 38.3 Å². The van der Waals surface area contributed by atoms with Crippen molar-refractivity contribution in [3.8, 4) is 0 Å². The van der Waals surface area contributed by atoms with Crippen molar-refractivity contribution in [3.05, 3.63) is 28.8 Å². The molecule has 96 valence electrons. The Kier molecular flexibility index (Phi) is 6.97. The summed E-state index contributed by atoms with van der Waals surface area (Å²) in [7, 11) is 4.19. The third kappa shape index (κ3) is 5.77. The molecule has 0 spiro atoms. The smallest absolute Gasteiger partial charge is 0.0417 e. The van der Waals surface area contributed by atoms with Crippen LogP contribution in [0.4, 0.5) is 0 Å². The Hall–Kier alpha value is -0.220. The van der Waals surface area contributed by atoms with Crippen LogP contribution in [0.2, 0.25) is 5.02 Å². The second kappa shape index (κ2) is 7.98. The summed E-state index contributed by atoms with van der Waals surface area (Å²) < 4.78 is 0. The summed E-state index contributed by atoms with van der Waals surface area (Å²) in [4.78, 5) is 3.49. The molecule has 0 aliphatic carbocycles. The topological polar surface area (TPSA) is 15.3 Å². The van der Waals surface area contributed by atoms with Crippen LogP contribution in [-0.2, 0) is 6.54 Å². The van der Waals surface area contributed by atoms with E-state index < -0.39 is 0 Å². The summed E-state index contributed by atoms with van der Waals surface area (Å²) in [5, 5.41) is 4.17. The van der Waals surface area contributed by atoms with Gasteiger partial charge in [0.1, 0.15) is 0 Å². The number of rotatable bonds is 7. The maximum atomic E-state index is 6.05. The number of thioether (sulfide) groups is 1. The van der Waals surface area contributed by atoms with Crippen molar-refractivity contribution in [1.29, 1.82) is 0 Å². The Balaban J connectivity index is 2.62. The molecule has 0 radical (unpaired) electrons. The maximum absolute atomic E-state index is 6.05. The molecule has 0 heterocycles. The number of nitrogens with one attached hydrogen (secondary N) is 1. The van der Waals surface area contributed by atoms with Crippen LogP contribution in [0, 0.1) is 0 Å². The molecule has 0 saturated carbocycles. The molecule has 1 aromatic carbocycles. The number of halogens is 1. The van der Waals surface area contributed by atoms with Crippen LogP contribution in [0.1, 0.15) is 12.5 Å². The standard InChI is InChI=1S/C13H21ClN2S/c1-4-15-10-11-5-6-12(14)9-13(11)17-8-7-16(2)3/h5-6,9,15H,4,7-8,10H2,1-3H3. The zero-order chi connectivity index (χ0) is 12.7. The number of nitrogens with zero attached hydrogens (tertiary/aromatic N) is 1. The minimum atomic E-state index is 0.817. The molecule has 0 saturated heterocycles. The average molecular weight is 273 g/mol. The molecular formula is C13H21ClN2S. The molecule has 1 aromatic rings. The Morgan fingerprint density at radius 3 is 2.76 bits per heavy atom. The number of hydrogen-bond acceptors (Lipinski definition) is 3. The summed E-state index contributed by atoms with van der Waals surface area (Å²) in [6.45, 7) is 5.11. The first-order chi connectivity index (χ1) is 8.13. The second-order valence-electron chi connectivity index (χ2n) is 4.18. The van der Waals surface area contributed by atoms with Gasteiger partial charge in [0, 0.05) is 28.8 Å². The third-order valence-corrected chi connectivity index (χ3v) is 3.70. The fourth-order valence-electron chi connectivity index (χ4n) is 1.41. The lowest BCUT2D eigenvalue weighted by Crippen LogP contribution is -2.15. The molecule has 0 unspecified atom stereocenters. The van der Waals surface area contributed by atoms with Gasteiger partial charge in [0.25, 0.3) is 0 Å². The molecule has 1 rings (SSSR count). The Morgan fingerprint density at radius 1 is 1.35 bits per heavy atom. The van der Waals surface area contributed by atoms with Gasteiger partial charge in [0.05, 0.1) is 0 Å². The predicted molar refractivity (Wildman–Crippen MR) is 78.1 cm³/mol. The fraction of sp³-hybridized carbons (Fsp3) is 0.538. The Labute approximate surface area is 114 Å². The van der Waals surface area contributed by atoms with E-state index in [0.29, 0.717) is 0 Å².